The second kappa shape index (κ2) is 8.15. The van der Waals surface area contributed by atoms with Crippen LogP contribution in [0.5, 0.6) is 0 Å². The summed E-state index contributed by atoms with van der Waals surface area (Å²) in [5.41, 5.74) is 2.24. The lowest BCUT2D eigenvalue weighted by molar-refractivity contribution is -0.120. The van der Waals surface area contributed by atoms with E-state index in [1.54, 1.807) is 6.08 Å². The van der Waals surface area contributed by atoms with Gasteiger partial charge in [-0.15, -0.1) is 6.58 Å². The van der Waals surface area contributed by atoms with Gasteiger partial charge in [0.05, 0.1) is 10.9 Å². The van der Waals surface area contributed by atoms with Gasteiger partial charge < -0.3 is 9.88 Å². The fraction of sp³-hybridized carbons (Fsp3) is 0.600. The van der Waals surface area contributed by atoms with E-state index in [9.17, 15) is 4.79 Å². The van der Waals surface area contributed by atoms with Gasteiger partial charge in [-0.2, -0.15) is 0 Å². The van der Waals surface area contributed by atoms with Gasteiger partial charge in [0.15, 0.2) is 5.16 Å². The minimum absolute atomic E-state index is 0.0234. The first kappa shape index (κ1) is 16.8. The van der Waals surface area contributed by atoms with Crippen LogP contribution in [-0.2, 0) is 11.3 Å². The zero-order valence-electron chi connectivity index (χ0n) is 12.9. The summed E-state index contributed by atoms with van der Waals surface area (Å²) in [5.74, 6) is 0.0234. The van der Waals surface area contributed by atoms with Gasteiger partial charge in [-0.05, 0) is 27.2 Å². The molecule has 0 saturated heterocycles. The summed E-state index contributed by atoms with van der Waals surface area (Å²) in [4.78, 5) is 16.5. The van der Waals surface area contributed by atoms with Gasteiger partial charge in [-0.25, -0.2) is 4.98 Å². The molecule has 20 heavy (non-hydrogen) atoms. The standard InChI is InChI=1S/C15H25N3OS/c1-6-8-10-18-12(4)11(3)17-15(18)20-13(5)14(19)16-9-7-2/h7,13H,2,6,8-10H2,1,3-5H3,(H,16,19). The Hall–Kier alpha value is -1.23. The molecule has 1 amide bonds. The van der Waals surface area contributed by atoms with Crippen molar-refractivity contribution in [2.45, 2.75) is 57.5 Å². The summed E-state index contributed by atoms with van der Waals surface area (Å²) < 4.78 is 2.22. The Balaban J connectivity index is 2.77. The summed E-state index contributed by atoms with van der Waals surface area (Å²) in [6, 6.07) is 0. The highest BCUT2D eigenvalue weighted by Gasteiger charge is 2.18. The van der Waals surface area contributed by atoms with Gasteiger partial charge in [0, 0.05) is 18.8 Å². The van der Waals surface area contributed by atoms with Gasteiger partial charge in [-0.3, -0.25) is 4.79 Å². The molecule has 0 fully saturated rings. The van der Waals surface area contributed by atoms with Crippen LogP contribution < -0.4 is 5.32 Å². The zero-order chi connectivity index (χ0) is 15.1. The molecule has 5 heteroatoms. The van der Waals surface area contributed by atoms with Gasteiger partial charge >= 0.3 is 0 Å². The minimum Gasteiger partial charge on any atom is -0.352 e. The number of carbonyl (C=O) groups excluding carboxylic acids is 1. The molecule has 1 unspecified atom stereocenters. The van der Waals surface area contributed by atoms with Crippen LogP contribution in [0.25, 0.3) is 0 Å². The fourth-order valence-corrected chi connectivity index (χ4v) is 2.87. The van der Waals surface area contributed by atoms with Crippen LogP contribution in [0.4, 0.5) is 0 Å². The lowest BCUT2D eigenvalue weighted by atomic mass is 10.3. The minimum atomic E-state index is -0.156. The molecule has 0 radical (unpaired) electrons. The molecular weight excluding hydrogens is 270 g/mol. The SMILES string of the molecule is C=CCNC(=O)C(C)Sc1nc(C)c(C)n1CCCC. The van der Waals surface area contributed by atoms with Crippen LogP contribution in [0, 0.1) is 13.8 Å². The van der Waals surface area contributed by atoms with E-state index in [1.807, 2.05) is 13.8 Å². The van der Waals surface area contributed by atoms with E-state index in [0.29, 0.717) is 6.54 Å². The topological polar surface area (TPSA) is 46.9 Å². The van der Waals surface area contributed by atoms with Crippen molar-refractivity contribution in [1.82, 2.24) is 14.9 Å². The number of nitrogens with one attached hydrogen (secondary N) is 1. The Morgan fingerprint density at radius 1 is 1.55 bits per heavy atom. The van der Waals surface area contributed by atoms with Crippen LogP contribution in [0.1, 0.15) is 38.1 Å². The maximum absolute atomic E-state index is 11.9. The van der Waals surface area contributed by atoms with Crippen LogP contribution in [0.2, 0.25) is 0 Å². The smallest absolute Gasteiger partial charge is 0.233 e. The van der Waals surface area contributed by atoms with Crippen molar-refractivity contribution < 1.29 is 4.79 Å². The second-order valence-corrected chi connectivity index (χ2v) is 6.17. The lowest BCUT2D eigenvalue weighted by Crippen LogP contribution is -2.31. The molecule has 4 nitrogen and oxygen atoms in total. The largest absolute Gasteiger partial charge is 0.352 e. The first-order chi connectivity index (χ1) is 9.51. The van der Waals surface area contributed by atoms with Gasteiger partial charge in [0.25, 0.3) is 0 Å². The molecule has 0 bridgehead atoms. The third kappa shape index (κ3) is 4.40. The highest BCUT2D eigenvalue weighted by Crippen LogP contribution is 2.25. The normalized spacial score (nSPS) is 12.2. The molecule has 1 heterocycles. The van der Waals surface area contributed by atoms with Gasteiger partial charge in [0.2, 0.25) is 5.91 Å². The zero-order valence-corrected chi connectivity index (χ0v) is 13.7. The van der Waals surface area contributed by atoms with Crippen LogP contribution >= 0.6 is 11.8 Å². The molecule has 1 aromatic heterocycles. The molecule has 1 N–H and O–H groups in total. The molecule has 0 saturated carbocycles. The van der Waals surface area contributed by atoms with E-state index in [4.69, 9.17) is 0 Å². The number of nitrogens with zero attached hydrogens (tertiary/aromatic N) is 2. The molecule has 0 aromatic carbocycles. The first-order valence-electron chi connectivity index (χ1n) is 7.10. The molecule has 1 aromatic rings. The molecular formula is C15H25N3OS. The van der Waals surface area contributed by atoms with Crippen LogP contribution in [0.15, 0.2) is 17.8 Å². The van der Waals surface area contributed by atoms with Gasteiger partial charge in [0.1, 0.15) is 0 Å². The predicted molar refractivity (Wildman–Crippen MR) is 85.1 cm³/mol. The molecule has 0 aliphatic rings. The van der Waals surface area contributed by atoms with Crippen molar-refractivity contribution in [3.63, 3.8) is 0 Å². The number of hydrogen-bond donors (Lipinski definition) is 1. The third-order valence-corrected chi connectivity index (χ3v) is 4.32. The number of aromatic nitrogens is 2. The second-order valence-electron chi connectivity index (χ2n) is 4.86. The molecule has 1 atom stereocenters. The average Bonchev–Trinajstić information content (AvgIpc) is 2.69. The van der Waals surface area contributed by atoms with Crippen molar-refractivity contribution in [3.8, 4) is 0 Å². The van der Waals surface area contributed by atoms with Crippen molar-refractivity contribution in [2.24, 2.45) is 0 Å². The highest BCUT2D eigenvalue weighted by molar-refractivity contribution is 8.00. The highest BCUT2D eigenvalue weighted by atomic mass is 32.2. The van der Waals surface area contributed by atoms with Crippen molar-refractivity contribution in [2.75, 3.05) is 6.54 Å². The molecule has 0 aliphatic carbocycles. The Morgan fingerprint density at radius 2 is 2.25 bits per heavy atom. The number of unbranched alkanes of at least 4 members (excludes halogenated alkanes) is 1. The van der Waals surface area contributed by atoms with E-state index < -0.39 is 0 Å². The summed E-state index contributed by atoms with van der Waals surface area (Å²) in [5, 5.41) is 3.61. The van der Waals surface area contributed by atoms with E-state index in [0.717, 1.165) is 30.2 Å². The Bertz CT molecular complexity index is 468. The Labute approximate surface area is 126 Å². The molecule has 1 rings (SSSR count). The van der Waals surface area contributed by atoms with Crippen molar-refractivity contribution >= 4 is 17.7 Å². The number of hydrogen-bond acceptors (Lipinski definition) is 3. The number of imidazole rings is 1. The number of carbonyl (C=O) groups is 1. The van der Waals surface area contributed by atoms with Gasteiger partial charge in [-0.1, -0.05) is 31.2 Å². The summed E-state index contributed by atoms with van der Waals surface area (Å²) in [7, 11) is 0. The van der Waals surface area contributed by atoms with Crippen molar-refractivity contribution in [1.29, 1.82) is 0 Å². The maximum atomic E-state index is 11.9. The van der Waals surface area contributed by atoms with E-state index in [1.165, 1.54) is 17.5 Å². The number of amides is 1. The maximum Gasteiger partial charge on any atom is 0.233 e. The van der Waals surface area contributed by atoms with Crippen LogP contribution in [0.3, 0.4) is 0 Å². The monoisotopic (exact) mass is 295 g/mol. The molecule has 0 spiro atoms. The summed E-state index contributed by atoms with van der Waals surface area (Å²) in [6.07, 6.45) is 3.96. The van der Waals surface area contributed by atoms with Crippen LogP contribution in [-0.4, -0.2) is 27.3 Å². The first-order valence-corrected chi connectivity index (χ1v) is 7.98. The summed E-state index contributed by atoms with van der Waals surface area (Å²) >= 11 is 1.52. The molecule has 112 valence electrons. The average molecular weight is 295 g/mol. The quantitative estimate of drug-likeness (QED) is 0.592. The Morgan fingerprint density at radius 3 is 2.85 bits per heavy atom. The third-order valence-electron chi connectivity index (χ3n) is 3.23. The predicted octanol–water partition coefficient (Wildman–Crippen LogP) is 3.08. The summed E-state index contributed by atoms with van der Waals surface area (Å²) in [6.45, 7) is 13.3. The number of aryl methyl sites for hydroxylation is 1. The molecule has 0 aliphatic heterocycles. The number of rotatable bonds is 8. The van der Waals surface area contributed by atoms with Crippen molar-refractivity contribution in [3.05, 3.63) is 24.0 Å². The number of thioether (sulfide) groups is 1. The van der Waals surface area contributed by atoms with E-state index >= 15 is 0 Å². The fourth-order valence-electron chi connectivity index (χ4n) is 1.82. The Kier molecular flexibility index (Phi) is 6.85. The van der Waals surface area contributed by atoms with E-state index in [-0.39, 0.29) is 11.2 Å². The lowest BCUT2D eigenvalue weighted by Gasteiger charge is -2.13. The van der Waals surface area contributed by atoms with E-state index in [2.05, 4.69) is 35.3 Å².